The van der Waals surface area contributed by atoms with E-state index in [9.17, 15) is 31.7 Å². The van der Waals surface area contributed by atoms with Crippen LogP contribution in [0.1, 0.15) is 5.56 Å². The first-order valence-corrected chi connectivity index (χ1v) is 15.2. The van der Waals surface area contributed by atoms with Crippen molar-refractivity contribution in [2.75, 3.05) is 20.9 Å². The number of rotatable bonds is 10. The highest BCUT2D eigenvalue weighted by atomic mass is 35.5. The van der Waals surface area contributed by atoms with E-state index in [0.717, 1.165) is 6.07 Å². The molecular weight excluding hydrogens is 592 g/mol. The number of carbonyl (C=O) groups is 1. The third-order valence-electron chi connectivity index (χ3n) is 5.93. The molecule has 4 rings (SSSR count). The van der Waals surface area contributed by atoms with Crippen molar-refractivity contribution in [1.82, 2.24) is 0 Å². The van der Waals surface area contributed by atoms with Crippen molar-refractivity contribution in [2.45, 2.75) is 16.7 Å². The highest BCUT2D eigenvalue weighted by Crippen LogP contribution is 2.32. The number of nitrogens with one attached hydrogen (secondary N) is 2. The number of nitro groups is 1. The summed E-state index contributed by atoms with van der Waals surface area (Å²) in [6.07, 6.45) is 0. The van der Waals surface area contributed by atoms with E-state index in [1.54, 1.807) is 31.2 Å². The fraction of sp³-hybridized carbons (Fsp3) is 0.0741. The van der Waals surface area contributed by atoms with Gasteiger partial charge in [-0.05, 0) is 67.1 Å². The molecule has 0 aliphatic rings. The molecule has 41 heavy (non-hydrogen) atoms. The van der Waals surface area contributed by atoms with Crippen LogP contribution in [0.4, 0.5) is 22.7 Å². The molecule has 0 aliphatic carbocycles. The van der Waals surface area contributed by atoms with Crippen molar-refractivity contribution in [3.63, 3.8) is 0 Å². The summed E-state index contributed by atoms with van der Waals surface area (Å²) in [5, 5.41) is 14.6. The summed E-state index contributed by atoms with van der Waals surface area (Å²) >= 11 is 6.07. The minimum Gasteiger partial charge on any atom is -0.325 e. The fourth-order valence-corrected chi connectivity index (χ4v) is 6.57. The Bertz CT molecular complexity index is 1820. The summed E-state index contributed by atoms with van der Waals surface area (Å²) in [6, 6.07) is 22.4. The lowest BCUT2D eigenvalue weighted by Crippen LogP contribution is -2.38. The van der Waals surface area contributed by atoms with E-state index >= 15 is 0 Å². The molecule has 1 amide bonds. The molecule has 0 heterocycles. The van der Waals surface area contributed by atoms with E-state index in [2.05, 4.69) is 10.0 Å². The number of amides is 1. The number of sulfonamides is 2. The molecule has 4 aromatic rings. The number of nitrogens with zero attached hydrogens (tertiary/aromatic N) is 2. The van der Waals surface area contributed by atoms with Crippen molar-refractivity contribution in [2.24, 2.45) is 0 Å². The van der Waals surface area contributed by atoms with Gasteiger partial charge in [0.25, 0.3) is 25.7 Å². The number of halogens is 1. The fourth-order valence-electron chi connectivity index (χ4n) is 3.82. The van der Waals surface area contributed by atoms with Gasteiger partial charge in [-0.25, -0.2) is 21.1 Å². The van der Waals surface area contributed by atoms with E-state index in [1.807, 2.05) is 0 Å². The Balaban J connectivity index is 1.58. The molecule has 212 valence electrons. The zero-order valence-electron chi connectivity index (χ0n) is 21.4. The van der Waals surface area contributed by atoms with Gasteiger partial charge in [0.2, 0.25) is 5.91 Å². The minimum absolute atomic E-state index is 0.0944. The number of hydrogen-bond donors (Lipinski definition) is 2. The van der Waals surface area contributed by atoms with Gasteiger partial charge < -0.3 is 5.32 Å². The summed E-state index contributed by atoms with van der Waals surface area (Å²) in [6.45, 7) is 0.877. The molecule has 0 bridgehead atoms. The number of carbonyl (C=O) groups excluding carboxylic acids is 1. The SMILES string of the molecule is Cc1c(Cl)cccc1NS(=O)(=O)c1ccc(NC(=O)CN(c2ccccc2[N+](=O)[O-])S(=O)(=O)c2ccccc2)cc1. The summed E-state index contributed by atoms with van der Waals surface area (Å²) in [5.41, 5.74) is 0.240. The number of anilines is 3. The maximum Gasteiger partial charge on any atom is 0.293 e. The van der Waals surface area contributed by atoms with Crippen LogP contribution in [0.2, 0.25) is 5.02 Å². The Kier molecular flexibility index (Phi) is 8.61. The van der Waals surface area contributed by atoms with Crippen LogP contribution in [0, 0.1) is 17.0 Å². The van der Waals surface area contributed by atoms with Crippen LogP contribution in [0.3, 0.4) is 0 Å². The quantitative estimate of drug-likeness (QED) is 0.184. The first kappa shape index (κ1) is 29.5. The zero-order chi connectivity index (χ0) is 29.8. The van der Waals surface area contributed by atoms with Gasteiger partial charge in [0.05, 0.1) is 20.4 Å². The second kappa shape index (κ2) is 12.0. The van der Waals surface area contributed by atoms with Gasteiger partial charge >= 0.3 is 0 Å². The van der Waals surface area contributed by atoms with Crippen molar-refractivity contribution < 1.29 is 26.6 Å². The molecule has 11 nitrogen and oxygen atoms in total. The van der Waals surface area contributed by atoms with E-state index in [0.29, 0.717) is 20.6 Å². The van der Waals surface area contributed by atoms with Gasteiger partial charge in [-0.3, -0.25) is 19.6 Å². The molecule has 0 fully saturated rings. The van der Waals surface area contributed by atoms with Crippen LogP contribution >= 0.6 is 11.6 Å². The molecule has 14 heteroatoms. The molecule has 0 saturated carbocycles. The normalized spacial score (nSPS) is 11.5. The number of para-hydroxylation sites is 2. The van der Waals surface area contributed by atoms with Crippen molar-refractivity contribution in [1.29, 1.82) is 0 Å². The van der Waals surface area contributed by atoms with E-state index in [-0.39, 0.29) is 21.2 Å². The Morgan fingerprint density at radius 2 is 1.49 bits per heavy atom. The minimum atomic E-state index is -4.39. The van der Waals surface area contributed by atoms with Crippen LogP contribution in [0.5, 0.6) is 0 Å². The van der Waals surface area contributed by atoms with E-state index < -0.39 is 43.1 Å². The first-order valence-electron chi connectivity index (χ1n) is 11.9. The molecule has 0 atom stereocenters. The average Bonchev–Trinajstić information content (AvgIpc) is 2.95. The Labute approximate surface area is 241 Å². The smallest absolute Gasteiger partial charge is 0.293 e. The molecule has 2 N–H and O–H groups in total. The lowest BCUT2D eigenvalue weighted by atomic mass is 10.2. The lowest BCUT2D eigenvalue weighted by molar-refractivity contribution is -0.384. The van der Waals surface area contributed by atoms with Crippen LogP contribution in [0.15, 0.2) is 107 Å². The molecule has 0 radical (unpaired) electrons. The molecule has 0 spiro atoms. The second-order valence-electron chi connectivity index (χ2n) is 8.66. The van der Waals surface area contributed by atoms with Gasteiger partial charge in [-0.2, -0.15) is 0 Å². The maximum atomic E-state index is 13.5. The number of hydrogen-bond acceptors (Lipinski definition) is 7. The topological polar surface area (TPSA) is 156 Å². The molecular formula is C27H23ClN4O7S2. The summed E-state index contributed by atoms with van der Waals surface area (Å²) in [4.78, 5) is 23.7. The third-order valence-corrected chi connectivity index (χ3v) is 9.49. The predicted octanol–water partition coefficient (Wildman–Crippen LogP) is 5.19. The number of benzene rings is 4. The standard InChI is InChI=1S/C27H23ClN4O7S2/c1-19-23(28)10-7-11-24(19)30-40(36,37)21-16-14-20(15-17-21)29-27(33)18-31(25-12-5-6-13-26(25)32(34)35)41(38,39)22-8-3-2-4-9-22/h2-17,30H,18H2,1H3,(H,29,33). The molecule has 0 aromatic heterocycles. The lowest BCUT2D eigenvalue weighted by Gasteiger charge is -2.23. The Morgan fingerprint density at radius 3 is 2.15 bits per heavy atom. The monoisotopic (exact) mass is 614 g/mol. The molecule has 0 unspecified atom stereocenters. The Hall–Kier alpha value is -4.46. The van der Waals surface area contributed by atoms with Crippen molar-refractivity contribution >= 4 is 60.3 Å². The van der Waals surface area contributed by atoms with E-state index in [1.165, 1.54) is 66.7 Å². The number of nitro benzene ring substituents is 1. The van der Waals surface area contributed by atoms with Gasteiger partial charge in [-0.1, -0.05) is 48.0 Å². The molecule has 0 aliphatic heterocycles. The summed E-state index contributed by atoms with van der Waals surface area (Å²) in [7, 11) is -8.38. The largest absolute Gasteiger partial charge is 0.325 e. The maximum absolute atomic E-state index is 13.5. The summed E-state index contributed by atoms with van der Waals surface area (Å²) in [5.74, 6) is -0.814. The van der Waals surface area contributed by atoms with Crippen molar-refractivity contribution in [3.8, 4) is 0 Å². The molecule has 0 saturated heterocycles. The van der Waals surface area contributed by atoms with Gasteiger partial charge in [0.1, 0.15) is 12.2 Å². The zero-order valence-corrected chi connectivity index (χ0v) is 23.8. The van der Waals surface area contributed by atoms with Crippen LogP contribution in [-0.2, 0) is 24.8 Å². The average molecular weight is 615 g/mol. The second-order valence-corrected chi connectivity index (χ2v) is 12.6. The van der Waals surface area contributed by atoms with Gasteiger partial charge in [0.15, 0.2) is 0 Å². The van der Waals surface area contributed by atoms with Crippen LogP contribution < -0.4 is 14.3 Å². The van der Waals surface area contributed by atoms with Crippen molar-refractivity contribution in [3.05, 3.63) is 118 Å². The highest BCUT2D eigenvalue weighted by Gasteiger charge is 2.32. The van der Waals surface area contributed by atoms with Gasteiger partial charge in [-0.15, -0.1) is 0 Å². The van der Waals surface area contributed by atoms with Gasteiger partial charge in [0, 0.05) is 16.8 Å². The summed E-state index contributed by atoms with van der Waals surface area (Å²) < 4.78 is 55.8. The third kappa shape index (κ3) is 6.65. The predicted molar refractivity (Wildman–Crippen MR) is 156 cm³/mol. The van der Waals surface area contributed by atoms with E-state index in [4.69, 9.17) is 11.6 Å². The van der Waals surface area contributed by atoms with Crippen LogP contribution in [0.25, 0.3) is 0 Å². The first-order chi connectivity index (χ1) is 19.4. The Morgan fingerprint density at radius 1 is 0.854 bits per heavy atom. The molecule has 4 aromatic carbocycles. The van der Waals surface area contributed by atoms with Crippen LogP contribution in [-0.4, -0.2) is 34.2 Å². The highest BCUT2D eigenvalue weighted by molar-refractivity contribution is 7.93.